The molecule has 3 heterocycles. The molecule has 4 atom stereocenters. The third-order valence-electron chi connectivity index (χ3n) is 7.78. The molecule has 5 rings (SSSR count). The van der Waals surface area contributed by atoms with Gasteiger partial charge in [-0.2, -0.15) is 0 Å². The van der Waals surface area contributed by atoms with Crippen LogP contribution in [0.2, 0.25) is 0 Å². The van der Waals surface area contributed by atoms with Crippen molar-refractivity contribution in [3.05, 3.63) is 47.4 Å². The minimum Gasteiger partial charge on any atom is -0.444 e. The highest BCUT2D eigenvalue weighted by Crippen LogP contribution is 2.38. The van der Waals surface area contributed by atoms with Gasteiger partial charge in [-0.3, -0.25) is 20.4 Å². The van der Waals surface area contributed by atoms with Gasteiger partial charge in [-0.25, -0.2) is 9.78 Å². The highest BCUT2D eigenvalue weighted by molar-refractivity contribution is 6.49. The first-order chi connectivity index (χ1) is 18.6. The molecule has 0 radical (unpaired) electrons. The Bertz CT molecular complexity index is 1220. The SMILES string of the molecule is CC1NNC2CCC(c3nnc(C(=O)C(=O)c4ccccc4)c(N4CCN(C(=O)OC(C)(C)C)CC4)n3)CC12. The van der Waals surface area contributed by atoms with Crippen LogP contribution in [0.3, 0.4) is 0 Å². The summed E-state index contributed by atoms with van der Waals surface area (Å²) in [6, 6.07) is 9.21. The maximum Gasteiger partial charge on any atom is 0.410 e. The van der Waals surface area contributed by atoms with Gasteiger partial charge in [-0.1, -0.05) is 30.3 Å². The van der Waals surface area contributed by atoms with Crippen molar-refractivity contribution in [1.29, 1.82) is 0 Å². The number of ether oxygens (including phenoxy) is 1. The van der Waals surface area contributed by atoms with Crippen molar-refractivity contribution in [3.8, 4) is 0 Å². The Morgan fingerprint density at radius 1 is 0.949 bits per heavy atom. The highest BCUT2D eigenvalue weighted by Gasteiger charge is 2.40. The summed E-state index contributed by atoms with van der Waals surface area (Å²) in [7, 11) is 0. The second-order valence-corrected chi connectivity index (χ2v) is 11.7. The molecule has 2 N–H and O–H groups in total. The van der Waals surface area contributed by atoms with E-state index in [1.807, 2.05) is 25.7 Å². The second kappa shape index (κ2) is 11.0. The Kier molecular flexibility index (Phi) is 7.64. The van der Waals surface area contributed by atoms with E-state index >= 15 is 0 Å². The summed E-state index contributed by atoms with van der Waals surface area (Å²) < 4.78 is 5.52. The van der Waals surface area contributed by atoms with Crippen molar-refractivity contribution in [2.75, 3.05) is 31.1 Å². The van der Waals surface area contributed by atoms with Gasteiger partial charge in [0.15, 0.2) is 17.3 Å². The molecule has 1 aliphatic carbocycles. The van der Waals surface area contributed by atoms with E-state index in [1.54, 1.807) is 35.2 Å². The minimum atomic E-state index is -0.737. The van der Waals surface area contributed by atoms with E-state index in [-0.39, 0.29) is 17.7 Å². The number of rotatable bonds is 5. The van der Waals surface area contributed by atoms with E-state index in [2.05, 4.69) is 28.0 Å². The number of hydrazine groups is 1. The third-order valence-corrected chi connectivity index (χ3v) is 7.78. The minimum absolute atomic E-state index is 0.0513. The molecule has 4 unspecified atom stereocenters. The Hall–Kier alpha value is -3.44. The first-order valence-corrected chi connectivity index (χ1v) is 13.7. The third kappa shape index (κ3) is 5.94. The molecule has 0 spiro atoms. The highest BCUT2D eigenvalue weighted by atomic mass is 16.6. The molecule has 208 valence electrons. The fourth-order valence-corrected chi connectivity index (χ4v) is 5.64. The van der Waals surface area contributed by atoms with Gasteiger partial charge in [0, 0.05) is 49.7 Å². The Morgan fingerprint density at radius 3 is 2.36 bits per heavy atom. The molecule has 0 bridgehead atoms. The number of nitrogens with one attached hydrogen (secondary N) is 2. The molecule has 11 heteroatoms. The van der Waals surface area contributed by atoms with Crippen molar-refractivity contribution in [3.63, 3.8) is 0 Å². The fraction of sp³-hybridized carbons (Fsp3) is 0.571. The molecular formula is C28H37N7O4. The molecule has 11 nitrogen and oxygen atoms in total. The number of fused-ring (bicyclic) bond motifs is 1. The van der Waals surface area contributed by atoms with E-state index in [9.17, 15) is 14.4 Å². The van der Waals surface area contributed by atoms with Crippen molar-refractivity contribution >= 4 is 23.5 Å². The van der Waals surface area contributed by atoms with Gasteiger partial charge in [0.25, 0.3) is 5.78 Å². The second-order valence-electron chi connectivity index (χ2n) is 11.7. The summed E-state index contributed by atoms with van der Waals surface area (Å²) in [6.07, 6.45) is 2.44. The molecule has 3 aliphatic rings. The number of nitrogens with zero attached hydrogens (tertiary/aromatic N) is 5. The van der Waals surface area contributed by atoms with Gasteiger partial charge in [0.2, 0.25) is 5.78 Å². The normalized spacial score (nSPS) is 25.2. The summed E-state index contributed by atoms with van der Waals surface area (Å²) in [5, 5.41) is 8.71. The molecule has 1 aromatic heterocycles. The van der Waals surface area contributed by atoms with Crippen LogP contribution in [0.1, 0.15) is 79.5 Å². The number of carbonyl (C=O) groups is 3. The van der Waals surface area contributed by atoms with Crippen molar-refractivity contribution < 1.29 is 19.1 Å². The number of carbonyl (C=O) groups excluding carboxylic acids is 3. The van der Waals surface area contributed by atoms with E-state index in [0.717, 1.165) is 19.3 Å². The zero-order chi connectivity index (χ0) is 27.7. The summed E-state index contributed by atoms with van der Waals surface area (Å²) in [6.45, 7) is 9.34. The maximum atomic E-state index is 13.4. The number of Topliss-reactive ketones (excluding diaryl/α,β-unsaturated/α-hetero) is 2. The van der Waals surface area contributed by atoms with Crippen LogP contribution in [0.5, 0.6) is 0 Å². The standard InChI is InChI=1S/C28H37N7O4/c1-17-20-16-19(10-11-21(20)31-30-17)25-29-26(34-12-14-35(15-13-34)27(38)39-28(2,3)4)22(32-33-25)24(37)23(36)18-8-6-5-7-9-18/h5-9,17,19-21,30-31H,10-16H2,1-4H3. The molecule has 39 heavy (non-hydrogen) atoms. The van der Waals surface area contributed by atoms with Gasteiger partial charge in [0.05, 0.1) is 0 Å². The van der Waals surface area contributed by atoms with Crippen LogP contribution in [0.25, 0.3) is 0 Å². The lowest BCUT2D eigenvalue weighted by Crippen LogP contribution is -2.50. The first kappa shape index (κ1) is 27.1. The van der Waals surface area contributed by atoms with Crippen molar-refractivity contribution in [2.45, 2.75) is 70.6 Å². The fourth-order valence-electron chi connectivity index (χ4n) is 5.64. The number of piperazine rings is 1. The van der Waals surface area contributed by atoms with Crippen molar-refractivity contribution in [1.82, 2.24) is 30.9 Å². The lowest BCUT2D eigenvalue weighted by molar-refractivity contribution is 0.0240. The Labute approximate surface area is 228 Å². The average Bonchev–Trinajstić information content (AvgIpc) is 3.31. The van der Waals surface area contributed by atoms with Gasteiger partial charge in [0.1, 0.15) is 5.60 Å². The predicted octanol–water partition coefficient (Wildman–Crippen LogP) is 2.74. The maximum absolute atomic E-state index is 13.4. The lowest BCUT2D eigenvalue weighted by Gasteiger charge is -2.37. The van der Waals surface area contributed by atoms with E-state index < -0.39 is 17.2 Å². The van der Waals surface area contributed by atoms with E-state index in [0.29, 0.717) is 61.4 Å². The number of hydrogen-bond donors (Lipinski definition) is 2. The van der Waals surface area contributed by atoms with Crippen LogP contribution >= 0.6 is 0 Å². The van der Waals surface area contributed by atoms with Gasteiger partial charge in [-0.15, -0.1) is 10.2 Å². The molecule has 1 aromatic carbocycles. The van der Waals surface area contributed by atoms with Gasteiger partial charge >= 0.3 is 6.09 Å². The number of aromatic nitrogens is 3. The number of benzene rings is 1. The summed E-state index contributed by atoms with van der Waals surface area (Å²) in [4.78, 5) is 47.5. The summed E-state index contributed by atoms with van der Waals surface area (Å²) in [5.41, 5.74) is 6.38. The van der Waals surface area contributed by atoms with Crippen LogP contribution in [-0.2, 0) is 4.74 Å². The topological polar surface area (TPSA) is 130 Å². The summed E-state index contributed by atoms with van der Waals surface area (Å²) >= 11 is 0. The van der Waals surface area contributed by atoms with Crippen molar-refractivity contribution in [2.24, 2.45) is 5.92 Å². The Balaban J connectivity index is 1.40. The molecule has 3 fully saturated rings. The first-order valence-electron chi connectivity index (χ1n) is 13.7. The zero-order valence-corrected chi connectivity index (χ0v) is 23.0. The quantitative estimate of drug-likeness (QED) is 0.435. The molecular weight excluding hydrogens is 498 g/mol. The molecule has 2 saturated heterocycles. The zero-order valence-electron chi connectivity index (χ0n) is 23.0. The lowest BCUT2D eigenvalue weighted by atomic mass is 9.76. The molecule has 1 saturated carbocycles. The van der Waals surface area contributed by atoms with Gasteiger partial charge < -0.3 is 14.5 Å². The molecule has 2 aliphatic heterocycles. The van der Waals surface area contributed by atoms with Crippen LogP contribution in [0.4, 0.5) is 10.6 Å². The number of hydrogen-bond acceptors (Lipinski definition) is 10. The number of amides is 1. The largest absolute Gasteiger partial charge is 0.444 e. The van der Waals surface area contributed by atoms with Crippen LogP contribution in [0, 0.1) is 5.92 Å². The number of ketones is 2. The molecule has 2 aromatic rings. The smallest absolute Gasteiger partial charge is 0.410 e. The van der Waals surface area contributed by atoms with Crippen LogP contribution < -0.4 is 15.8 Å². The van der Waals surface area contributed by atoms with E-state index in [1.165, 1.54) is 0 Å². The van der Waals surface area contributed by atoms with Crippen LogP contribution in [0.15, 0.2) is 30.3 Å². The Morgan fingerprint density at radius 2 is 1.67 bits per heavy atom. The summed E-state index contributed by atoms with van der Waals surface area (Å²) in [5.74, 6) is 0.133. The molecule has 1 amide bonds. The predicted molar refractivity (Wildman–Crippen MR) is 145 cm³/mol. The van der Waals surface area contributed by atoms with E-state index in [4.69, 9.17) is 9.72 Å². The van der Waals surface area contributed by atoms with Gasteiger partial charge in [-0.05, 0) is 52.9 Å². The van der Waals surface area contributed by atoms with Crippen LogP contribution in [-0.4, -0.2) is 81.6 Å². The average molecular weight is 536 g/mol. The number of anilines is 1. The monoisotopic (exact) mass is 535 g/mol.